The van der Waals surface area contributed by atoms with Crippen molar-refractivity contribution in [2.24, 2.45) is 0 Å². The molecule has 0 fully saturated rings. The molecule has 1 unspecified atom stereocenters. The molecule has 1 N–H and O–H groups in total. The van der Waals surface area contributed by atoms with Gasteiger partial charge in [-0.2, -0.15) is 0 Å². The average molecular weight is 306 g/mol. The Hall–Kier alpha value is -1.26. The van der Waals surface area contributed by atoms with E-state index in [1.165, 1.54) is 0 Å². The van der Waals surface area contributed by atoms with Crippen molar-refractivity contribution in [3.63, 3.8) is 0 Å². The summed E-state index contributed by atoms with van der Waals surface area (Å²) in [6.07, 6.45) is 0.653. The van der Waals surface area contributed by atoms with Crippen molar-refractivity contribution >= 4 is 8.32 Å². The topological polar surface area (TPSA) is 38.7 Å². The zero-order valence-corrected chi connectivity index (χ0v) is 14.6. The minimum absolute atomic E-state index is 0.0480. The Kier molecular flexibility index (Phi) is 4.49. The Morgan fingerprint density at radius 1 is 1.24 bits per heavy atom. The Bertz CT molecular complexity index is 515. The summed E-state index contributed by atoms with van der Waals surface area (Å²) in [5.41, 5.74) is 1.12. The van der Waals surface area contributed by atoms with Crippen LogP contribution in [0.5, 0.6) is 0 Å². The SMILES string of the molecule is CC(C)(C)[Si](C)(C)OC1=C(CO)OC(c2ccccc2)C1. The molecule has 0 saturated heterocycles. The summed E-state index contributed by atoms with van der Waals surface area (Å²) in [5, 5.41) is 9.68. The van der Waals surface area contributed by atoms with E-state index in [1.54, 1.807) is 0 Å². The van der Waals surface area contributed by atoms with Crippen molar-refractivity contribution in [2.75, 3.05) is 6.61 Å². The molecule has 0 bridgehead atoms. The largest absolute Gasteiger partial charge is 0.544 e. The first-order valence-corrected chi connectivity index (χ1v) is 10.4. The Morgan fingerprint density at radius 2 is 1.86 bits per heavy atom. The first kappa shape index (κ1) is 16.1. The van der Waals surface area contributed by atoms with Gasteiger partial charge in [0.15, 0.2) is 5.76 Å². The molecule has 3 nitrogen and oxygen atoms in total. The molecule has 0 spiro atoms. The maximum absolute atomic E-state index is 9.55. The van der Waals surface area contributed by atoms with Crippen molar-refractivity contribution in [3.05, 3.63) is 47.4 Å². The van der Waals surface area contributed by atoms with Crippen LogP contribution in [0.25, 0.3) is 0 Å². The summed E-state index contributed by atoms with van der Waals surface area (Å²) < 4.78 is 12.2. The molecule has 0 radical (unpaired) electrons. The van der Waals surface area contributed by atoms with Gasteiger partial charge >= 0.3 is 0 Å². The molecule has 1 atom stereocenters. The van der Waals surface area contributed by atoms with Crippen molar-refractivity contribution < 1.29 is 14.3 Å². The second-order valence-electron chi connectivity index (χ2n) is 7.09. The van der Waals surface area contributed by atoms with Gasteiger partial charge in [0.1, 0.15) is 18.5 Å². The maximum atomic E-state index is 9.55. The summed E-state index contributed by atoms with van der Waals surface area (Å²) >= 11 is 0. The zero-order chi connectivity index (χ0) is 15.7. The Morgan fingerprint density at radius 3 is 2.38 bits per heavy atom. The molecule has 0 aromatic heterocycles. The van der Waals surface area contributed by atoms with Gasteiger partial charge in [-0.05, 0) is 23.7 Å². The highest BCUT2D eigenvalue weighted by Gasteiger charge is 2.41. The van der Waals surface area contributed by atoms with Crippen molar-refractivity contribution in [1.82, 2.24) is 0 Å². The first-order chi connectivity index (χ1) is 9.74. The van der Waals surface area contributed by atoms with Gasteiger partial charge in [-0.1, -0.05) is 51.1 Å². The third kappa shape index (κ3) is 3.50. The fraction of sp³-hybridized carbons (Fsp3) is 0.529. The molecule has 1 aliphatic rings. The van der Waals surface area contributed by atoms with Crippen LogP contribution in [0.4, 0.5) is 0 Å². The summed E-state index contributed by atoms with van der Waals surface area (Å²) in [7, 11) is -1.91. The van der Waals surface area contributed by atoms with Gasteiger partial charge in [-0.3, -0.25) is 0 Å². The number of hydrogen-bond acceptors (Lipinski definition) is 3. The summed E-state index contributed by atoms with van der Waals surface area (Å²) in [5.74, 6) is 1.42. The van der Waals surface area contributed by atoms with E-state index < -0.39 is 8.32 Å². The van der Waals surface area contributed by atoms with Gasteiger partial charge in [0.25, 0.3) is 0 Å². The van der Waals surface area contributed by atoms with Crippen LogP contribution < -0.4 is 0 Å². The fourth-order valence-corrected chi connectivity index (χ4v) is 3.22. The molecular weight excluding hydrogens is 280 g/mol. The second-order valence-corrected chi connectivity index (χ2v) is 11.8. The van der Waals surface area contributed by atoms with Gasteiger partial charge < -0.3 is 14.3 Å². The molecule has 2 rings (SSSR count). The lowest BCUT2D eigenvalue weighted by molar-refractivity contribution is 0.114. The summed E-state index contributed by atoms with van der Waals surface area (Å²) in [4.78, 5) is 0. The van der Waals surface area contributed by atoms with Crippen molar-refractivity contribution in [3.8, 4) is 0 Å². The number of rotatable bonds is 4. The molecule has 116 valence electrons. The van der Waals surface area contributed by atoms with Crippen molar-refractivity contribution in [1.29, 1.82) is 0 Å². The van der Waals surface area contributed by atoms with E-state index >= 15 is 0 Å². The van der Waals surface area contributed by atoms with Crippen LogP contribution in [0.15, 0.2) is 41.9 Å². The highest BCUT2D eigenvalue weighted by molar-refractivity contribution is 6.74. The van der Waals surface area contributed by atoms with Crippen molar-refractivity contribution in [2.45, 2.75) is 51.4 Å². The van der Waals surface area contributed by atoms with Crippen LogP contribution in [0.1, 0.15) is 38.9 Å². The van der Waals surface area contributed by atoms with E-state index in [9.17, 15) is 5.11 Å². The zero-order valence-electron chi connectivity index (χ0n) is 13.6. The smallest absolute Gasteiger partial charge is 0.250 e. The molecule has 0 amide bonds. The van der Waals surface area contributed by atoms with Gasteiger partial charge in [-0.25, -0.2) is 0 Å². The Balaban J connectivity index is 2.16. The van der Waals surface area contributed by atoms with E-state index in [2.05, 4.69) is 46.0 Å². The fourth-order valence-electron chi connectivity index (χ4n) is 2.10. The van der Waals surface area contributed by atoms with Crippen LogP contribution >= 0.6 is 0 Å². The second kappa shape index (κ2) is 5.85. The van der Waals surface area contributed by atoms with Crippen LogP contribution in [0.3, 0.4) is 0 Å². The van der Waals surface area contributed by atoms with Gasteiger partial charge in [0.05, 0.1) is 0 Å². The molecule has 4 heteroatoms. The molecule has 21 heavy (non-hydrogen) atoms. The van der Waals surface area contributed by atoms with Gasteiger partial charge in [0.2, 0.25) is 8.32 Å². The third-order valence-corrected chi connectivity index (χ3v) is 8.83. The molecule has 0 saturated carbocycles. The highest BCUT2D eigenvalue weighted by atomic mass is 28.4. The molecule has 1 aliphatic heterocycles. The average Bonchev–Trinajstić information content (AvgIpc) is 2.81. The highest BCUT2D eigenvalue weighted by Crippen LogP contribution is 2.43. The van der Waals surface area contributed by atoms with Gasteiger partial charge in [-0.15, -0.1) is 0 Å². The van der Waals surface area contributed by atoms with Gasteiger partial charge in [0, 0.05) is 6.42 Å². The Labute approximate surface area is 128 Å². The lowest BCUT2D eigenvalue weighted by Gasteiger charge is -2.36. The number of benzene rings is 1. The van der Waals surface area contributed by atoms with E-state index in [-0.39, 0.29) is 17.7 Å². The third-order valence-electron chi connectivity index (χ3n) is 4.47. The number of aliphatic hydroxyl groups excluding tert-OH is 1. The van der Waals surface area contributed by atoms with Crippen LogP contribution in [0.2, 0.25) is 18.1 Å². The number of ether oxygens (including phenoxy) is 1. The summed E-state index contributed by atoms with van der Waals surface area (Å²) in [6, 6.07) is 10.1. The molecule has 1 aromatic rings. The molecule has 1 aromatic carbocycles. The minimum Gasteiger partial charge on any atom is -0.544 e. The van der Waals surface area contributed by atoms with E-state index in [4.69, 9.17) is 9.16 Å². The number of hydrogen-bond donors (Lipinski definition) is 1. The minimum atomic E-state index is -1.91. The molecule has 0 aliphatic carbocycles. The normalized spacial score (nSPS) is 19.6. The summed E-state index contributed by atoms with van der Waals surface area (Å²) in [6.45, 7) is 11.0. The maximum Gasteiger partial charge on any atom is 0.250 e. The predicted octanol–water partition coefficient (Wildman–Crippen LogP) is 4.37. The lowest BCUT2D eigenvalue weighted by atomic mass is 10.1. The van der Waals surface area contributed by atoms with Crippen LogP contribution in [-0.4, -0.2) is 20.0 Å². The quantitative estimate of drug-likeness (QED) is 0.839. The molecular formula is C17H26O3Si. The van der Waals surface area contributed by atoms with E-state index in [0.717, 1.165) is 11.3 Å². The van der Waals surface area contributed by atoms with Crippen LogP contribution in [-0.2, 0) is 9.16 Å². The predicted molar refractivity (Wildman–Crippen MR) is 87.3 cm³/mol. The lowest BCUT2D eigenvalue weighted by Crippen LogP contribution is -2.40. The molecule has 1 heterocycles. The van der Waals surface area contributed by atoms with Crippen LogP contribution in [0, 0.1) is 0 Å². The monoisotopic (exact) mass is 306 g/mol. The standard InChI is InChI=1S/C17H26O3Si/c1-17(2,3)21(4,5)20-15-11-14(19-16(15)12-18)13-9-7-6-8-10-13/h6-10,14,18H,11-12H2,1-5H3. The number of aliphatic hydroxyl groups is 1. The first-order valence-electron chi connectivity index (χ1n) is 7.48. The van der Waals surface area contributed by atoms with E-state index in [1.807, 2.05) is 18.2 Å². The van der Waals surface area contributed by atoms with E-state index in [0.29, 0.717) is 12.2 Å².